The third-order valence-electron chi connectivity index (χ3n) is 5.37. The van der Waals surface area contributed by atoms with Crippen LogP contribution in [0.4, 0.5) is 5.82 Å². The quantitative estimate of drug-likeness (QED) is 0.535. The van der Waals surface area contributed by atoms with Gasteiger partial charge in [-0.2, -0.15) is 5.10 Å². The predicted octanol–water partition coefficient (Wildman–Crippen LogP) is 4.90. The number of benzene rings is 2. The highest BCUT2D eigenvalue weighted by Crippen LogP contribution is 2.26. The fourth-order valence-electron chi connectivity index (χ4n) is 3.59. The number of hydrogen-bond donors (Lipinski definition) is 1. The maximum Gasteiger partial charge on any atom is 0.245 e. The van der Waals surface area contributed by atoms with Gasteiger partial charge in [0, 0.05) is 18.0 Å². The monoisotopic (exact) mass is 446 g/mol. The minimum absolute atomic E-state index is 0.00333. The van der Waals surface area contributed by atoms with Gasteiger partial charge in [-0.15, -0.1) is 0 Å². The second kappa shape index (κ2) is 10.5. The molecule has 1 heterocycles. The van der Waals surface area contributed by atoms with Gasteiger partial charge < -0.3 is 10.2 Å². The smallest absolute Gasteiger partial charge is 0.245 e. The molecule has 174 valence electrons. The SMILES string of the molecule is CCCN(CC(=O)Nc1cc(C(C)(C)C)nn1-c1cccc(C)c1)C(=O)Cc1ccccc1. The van der Waals surface area contributed by atoms with E-state index in [9.17, 15) is 9.59 Å². The summed E-state index contributed by atoms with van der Waals surface area (Å²) in [4.78, 5) is 27.5. The summed E-state index contributed by atoms with van der Waals surface area (Å²) < 4.78 is 1.77. The Labute approximate surface area is 196 Å². The van der Waals surface area contributed by atoms with Crippen molar-refractivity contribution in [3.05, 3.63) is 77.5 Å². The highest BCUT2D eigenvalue weighted by molar-refractivity contribution is 5.94. The van der Waals surface area contributed by atoms with Crippen LogP contribution in [0.25, 0.3) is 5.69 Å². The van der Waals surface area contributed by atoms with Gasteiger partial charge in [-0.3, -0.25) is 9.59 Å². The Kier molecular flexibility index (Phi) is 7.69. The molecule has 0 fully saturated rings. The molecule has 1 aromatic heterocycles. The summed E-state index contributed by atoms with van der Waals surface area (Å²) in [5.41, 5.74) is 3.64. The first-order chi connectivity index (χ1) is 15.7. The van der Waals surface area contributed by atoms with Gasteiger partial charge in [0.1, 0.15) is 5.82 Å². The Morgan fingerprint density at radius 1 is 1.03 bits per heavy atom. The van der Waals surface area contributed by atoms with Crippen LogP contribution in [0.3, 0.4) is 0 Å². The van der Waals surface area contributed by atoms with Crippen LogP contribution in [0.15, 0.2) is 60.7 Å². The number of rotatable bonds is 8. The molecule has 0 saturated carbocycles. The highest BCUT2D eigenvalue weighted by atomic mass is 16.2. The zero-order valence-electron chi connectivity index (χ0n) is 20.3. The molecule has 0 aliphatic carbocycles. The van der Waals surface area contributed by atoms with Gasteiger partial charge in [0.25, 0.3) is 0 Å². The van der Waals surface area contributed by atoms with Crippen molar-refractivity contribution in [2.75, 3.05) is 18.4 Å². The lowest BCUT2D eigenvalue weighted by molar-refractivity contribution is -0.134. The molecule has 3 aromatic rings. The first kappa shape index (κ1) is 24.2. The molecular weight excluding hydrogens is 412 g/mol. The molecule has 0 atom stereocenters. The Morgan fingerprint density at radius 2 is 1.76 bits per heavy atom. The molecule has 6 heteroatoms. The van der Waals surface area contributed by atoms with Crippen molar-refractivity contribution in [2.24, 2.45) is 0 Å². The summed E-state index contributed by atoms with van der Waals surface area (Å²) in [6.07, 6.45) is 1.06. The average molecular weight is 447 g/mol. The van der Waals surface area contributed by atoms with E-state index in [-0.39, 0.29) is 30.2 Å². The molecule has 0 aliphatic heterocycles. The lowest BCUT2D eigenvalue weighted by Crippen LogP contribution is -2.39. The molecule has 0 radical (unpaired) electrons. The van der Waals surface area contributed by atoms with Crippen LogP contribution >= 0.6 is 0 Å². The topological polar surface area (TPSA) is 67.2 Å². The van der Waals surface area contributed by atoms with Gasteiger partial charge in [0.05, 0.1) is 24.3 Å². The van der Waals surface area contributed by atoms with Crippen LogP contribution in [0.2, 0.25) is 0 Å². The van der Waals surface area contributed by atoms with Crippen LogP contribution in [-0.2, 0) is 21.4 Å². The van der Waals surface area contributed by atoms with E-state index in [0.717, 1.165) is 28.9 Å². The largest absolute Gasteiger partial charge is 0.333 e. The van der Waals surface area contributed by atoms with Crippen LogP contribution in [-0.4, -0.2) is 39.6 Å². The van der Waals surface area contributed by atoms with Crippen molar-refractivity contribution < 1.29 is 9.59 Å². The molecule has 0 aliphatic rings. The van der Waals surface area contributed by atoms with E-state index in [1.165, 1.54) is 0 Å². The number of nitrogens with one attached hydrogen (secondary N) is 1. The number of carbonyl (C=O) groups excluding carboxylic acids is 2. The second-order valence-corrected chi connectivity index (χ2v) is 9.44. The fourth-order valence-corrected chi connectivity index (χ4v) is 3.59. The van der Waals surface area contributed by atoms with Crippen LogP contribution in [0.1, 0.15) is 50.9 Å². The molecule has 0 unspecified atom stereocenters. The first-order valence-electron chi connectivity index (χ1n) is 11.5. The Morgan fingerprint density at radius 3 is 2.39 bits per heavy atom. The summed E-state index contributed by atoms with van der Waals surface area (Å²) in [6, 6.07) is 19.5. The van der Waals surface area contributed by atoms with E-state index in [2.05, 4.69) is 26.1 Å². The van der Waals surface area contributed by atoms with E-state index < -0.39 is 0 Å². The van der Waals surface area contributed by atoms with Gasteiger partial charge in [-0.1, -0.05) is 70.2 Å². The zero-order valence-corrected chi connectivity index (χ0v) is 20.3. The number of anilines is 1. The Balaban J connectivity index is 1.80. The number of carbonyl (C=O) groups is 2. The van der Waals surface area contributed by atoms with Gasteiger partial charge in [-0.25, -0.2) is 4.68 Å². The molecule has 0 spiro atoms. The second-order valence-electron chi connectivity index (χ2n) is 9.44. The number of amides is 2. The fraction of sp³-hybridized carbons (Fsp3) is 0.370. The molecule has 1 N–H and O–H groups in total. The van der Waals surface area contributed by atoms with Crippen molar-refractivity contribution in [1.29, 1.82) is 0 Å². The average Bonchev–Trinajstić information content (AvgIpc) is 3.18. The van der Waals surface area contributed by atoms with Crippen molar-refractivity contribution >= 4 is 17.6 Å². The van der Waals surface area contributed by atoms with E-state index in [0.29, 0.717) is 12.4 Å². The molecule has 3 rings (SSSR count). The maximum absolute atomic E-state index is 13.0. The molecule has 2 amide bonds. The van der Waals surface area contributed by atoms with Crippen molar-refractivity contribution in [3.8, 4) is 5.69 Å². The Hall–Kier alpha value is -3.41. The Bertz CT molecular complexity index is 1100. The minimum Gasteiger partial charge on any atom is -0.333 e. The van der Waals surface area contributed by atoms with E-state index in [1.54, 1.807) is 9.58 Å². The number of nitrogens with zero attached hydrogens (tertiary/aromatic N) is 3. The molecular formula is C27H34N4O2. The third kappa shape index (κ3) is 6.54. The molecule has 0 bridgehead atoms. The summed E-state index contributed by atoms with van der Waals surface area (Å²) in [6.45, 7) is 10.8. The normalized spacial score (nSPS) is 11.3. The summed E-state index contributed by atoms with van der Waals surface area (Å²) in [7, 11) is 0. The standard InChI is InChI=1S/C27H34N4O2/c1-6-15-30(26(33)17-21-12-8-7-9-13-21)19-25(32)28-24-18-23(27(3,4)5)29-31(24)22-14-10-11-20(2)16-22/h7-14,16,18H,6,15,17,19H2,1-5H3,(H,28,32). The lowest BCUT2D eigenvalue weighted by Gasteiger charge is -2.22. The molecule has 33 heavy (non-hydrogen) atoms. The summed E-state index contributed by atoms with van der Waals surface area (Å²) in [5, 5.41) is 7.77. The zero-order chi connectivity index (χ0) is 24.0. The van der Waals surface area contributed by atoms with E-state index in [1.807, 2.05) is 74.5 Å². The predicted molar refractivity (Wildman–Crippen MR) is 133 cm³/mol. The van der Waals surface area contributed by atoms with Gasteiger partial charge in [0.15, 0.2) is 0 Å². The molecule has 6 nitrogen and oxygen atoms in total. The van der Waals surface area contributed by atoms with Crippen molar-refractivity contribution in [3.63, 3.8) is 0 Å². The van der Waals surface area contributed by atoms with Gasteiger partial charge >= 0.3 is 0 Å². The molecule has 2 aromatic carbocycles. The number of aromatic nitrogens is 2. The van der Waals surface area contributed by atoms with Gasteiger partial charge in [-0.05, 0) is 36.6 Å². The van der Waals surface area contributed by atoms with Crippen LogP contribution in [0.5, 0.6) is 0 Å². The van der Waals surface area contributed by atoms with Crippen LogP contribution in [0, 0.1) is 6.92 Å². The lowest BCUT2D eigenvalue weighted by atomic mass is 9.92. The highest BCUT2D eigenvalue weighted by Gasteiger charge is 2.23. The number of hydrogen-bond acceptors (Lipinski definition) is 3. The van der Waals surface area contributed by atoms with Crippen molar-refractivity contribution in [1.82, 2.24) is 14.7 Å². The number of aryl methyl sites for hydroxylation is 1. The van der Waals surface area contributed by atoms with Crippen LogP contribution < -0.4 is 5.32 Å². The summed E-state index contributed by atoms with van der Waals surface area (Å²) >= 11 is 0. The van der Waals surface area contributed by atoms with Gasteiger partial charge in [0.2, 0.25) is 11.8 Å². The minimum atomic E-state index is -0.237. The van der Waals surface area contributed by atoms with E-state index in [4.69, 9.17) is 5.10 Å². The maximum atomic E-state index is 13.0. The van der Waals surface area contributed by atoms with E-state index >= 15 is 0 Å². The third-order valence-corrected chi connectivity index (χ3v) is 5.37. The summed E-state index contributed by atoms with van der Waals surface area (Å²) in [5.74, 6) is 0.308. The first-order valence-corrected chi connectivity index (χ1v) is 11.5. The van der Waals surface area contributed by atoms with Crippen molar-refractivity contribution in [2.45, 2.75) is 52.9 Å². The molecule has 0 saturated heterocycles.